The number of nitriles is 1. The average molecular weight is 648 g/mol. The number of methoxy groups -OCH3 is 1. The summed E-state index contributed by atoms with van der Waals surface area (Å²) in [6, 6.07) is 13.4. The lowest BCUT2D eigenvalue weighted by atomic mass is 9.83. The molecule has 11 heteroatoms. The first kappa shape index (κ1) is 35.3. The fourth-order valence-electron chi connectivity index (χ4n) is 6.40. The molecule has 1 fully saturated rings. The molecule has 0 spiro atoms. The first-order chi connectivity index (χ1) is 22.2. The minimum absolute atomic E-state index is 0.0307. The smallest absolute Gasteiger partial charge is 0.323 e. The van der Waals surface area contributed by atoms with Gasteiger partial charge in [-0.2, -0.15) is 17.0 Å². The number of carbonyl (C=O) groups is 4. The lowest BCUT2D eigenvalue weighted by molar-refractivity contribution is -0.147. The van der Waals surface area contributed by atoms with Crippen LogP contribution in [0.3, 0.4) is 0 Å². The SMILES string of the molecule is CC[C@H](C)[C@H](NCc1ccc(C#N)cc1)C(N[C@H](C(=O)OC)[C@H](CSC)C(=O)C1NCCc2ccccc21)C(=O)[C@@H]1CCC(=O)N1. The van der Waals surface area contributed by atoms with E-state index in [9.17, 15) is 24.4 Å². The Hall–Kier alpha value is -3.56. The minimum Gasteiger partial charge on any atom is -0.468 e. The highest BCUT2D eigenvalue weighted by Crippen LogP contribution is 2.29. The van der Waals surface area contributed by atoms with Crippen LogP contribution in [0, 0.1) is 23.2 Å². The number of hydrogen-bond donors (Lipinski definition) is 4. The zero-order valence-electron chi connectivity index (χ0n) is 27.0. The molecule has 1 saturated heterocycles. The number of rotatable bonds is 16. The predicted molar refractivity (Wildman–Crippen MR) is 178 cm³/mol. The molecule has 2 aromatic rings. The lowest BCUT2D eigenvalue weighted by Gasteiger charge is -2.38. The van der Waals surface area contributed by atoms with Crippen molar-refractivity contribution in [3.63, 3.8) is 0 Å². The van der Waals surface area contributed by atoms with Crippen molar-refractivity contribution in [2.45, 2.75) is 76.3 Å². The highest BCUT2D eigenvalue weighted by atomic mass is 32.2. The van der Waals surface area contributed by atoms with Crippen LogP contribution in [0.25, 0.3) is 0 Å². The van der Waals surface area contributed by atoms with E-state index in [1.54, 1.807) is 12.1 Å². The molecule has 46 heavy (non-hydrogen) atoms. The number of amides is 1. The summed E-state index contributed by atoms with van der Waals surface area (Å²) < 4.78 is 5.28. The Morgan fingerprint density at radius 1 is 1.09 bits per heavy atom. The van der Waals surface area contributed by atoms with Crippen molar-refractivity contribution in [1.29, 1.82) is 5.26 Å². The van der Waals surface area contributed by atoms with Gasteiger partial charge in [0.15, 0.2) is 11.6 Å². The van der Waals surface area contributed by atoms with Gasteiger partial charge >= 0.3 is 5.97 Å². The molecule has 7 atom stereocenters. The topological polar surface area (TPSA) is 149 Å². The molecular weight excluding hydrogens is 602 g/mol. The van der Waals surface area contributed by atoms with Gasteiger partial charge in [-0.25, -0.2) is 0 Å². The molecule has 0 bridgehead atoms. The van der Waals surface area contributed by atoms with Crippen molar-refractivity contribution >= 4 is 35.2 Å². The number of nitrogens with one attached hydrogen (secondary N) is 4. The van der Waals surface area contributed by atoms with Crippen LogP contribution in [0.4, 0.5) is 0 Å². The summed E-state index contributed by atoms with van der Waals surface area (Å²) in [6.07, 6.45) is 4.02. The van der Waals surface area contributed by atoms with E-state index in [0.717, 1.165) is 29.5 Å². The Labute approximate surface area is 275 Å². The monoisotopic (exact) mass is 647 g/mol. The van der Waals surface area contributed by atoms with Gasteiger partial charge in [-0.1, -0.05) is 56.7 Å². The fourth-order valence-corrected chi connectivity index (χ4v) is 7.12. The molecule has 0 aliphatic carbocycles. The highest BCUT2D eigenvalue weighted by molar-refractivity contribution is 7.98. The molecule has 2 aliphatic heterocycles. The summed E-state index contributed by atoms with van der Waals surface area (Å²) in [5.41, 5.74) is 3.47. The zero-order valence-corrected chi connectivity index (χ0v) is 27.8. The number of ether oxygens (including phenoxy) is 1. The molecule has 246 valence electrons. The number of ketones is 2. The lowest BCUT2D eigenvalue weighted by Crippen LogP contribution is -2.64. The van der Waals surface area contributed by atoms with Crippen LogP contribution in [0.15, 0.2) is 48.5 Å². The van der Waals surface area contributed by atoms with Gasteiger partial charge in [0.05, 0.1) is 42.8 Å². The summed E-state index contributed by atoms with van der Waals surface area (Å²) in [4.78, 5) is 54.5. The van der Waals surface area contributed by atoms with Gasteiger partial charge in [-0.3, -0.25) is 24.5 Å². The van der Waals surface area contributed by atoms with Crippen molar-refractivity contribution in [2.24, 2.45) is 11.8 Å². The molecule has 0 aromatic heterocycles. The van der Waals surface area contributed by atoms with E-state index in [1.165, 1.54) is 18.9 Å². The molecule has 4 N–H and O–H groups in total. The predicted octanol–water partition coefficient (Wildman–Crippen LogP) is 2.85. The zero-order chi connectivity index (χ0) is 33.2. The number of esters is 1. The Morgan fingerprint density at radius 2 is 1.83 bits per heavy atom. The van der Waals surface area contributed by atoms with E-state index in [1.807, 2.05) is 56.5 Å². The molecule has 2 heterocycles. The fraction of sp³-hybridized carbons (Fsp3) is 0.514. The summed E-state index contributed by atoms with van der Waals surface area (Å²) in [5, 5.41) is 22.3. The number of fused-ring (bicyclic) bond motifs is 1. The van der Waals surface area contributed by atoms with Crippen LogP contribution in [0.2, 0.25) is 0 Å². The third-order valence-corrected chi connectivity index (χ3v) is 9.90. The van der Waals surface area contributed by atoms with Gasteiger partial charge in [-0.05, 0) is 53.8 Å². The van der Waals surface area contributed by atoms with E-state index in [4.69, 9.17) is 4.74 Å². The summed E-state index contributed by atoms with van der Waals surface area (Å²) in [6.45, 7) is 5.10. The summed E-state index contributed by atoms with van der Waals surface area (Å²) in [7, 11) is 1.29. The Bertz CT molecular complexity index is 1430. The van der Waals surface area contributed by atoms with Crippen LogP contribution in [-0.4, -0.2) is 73.3 Å². The summed E-state index contributed by atoms with van der Waals surface area (Å²) in [5.74, 6) is -1.71. The van der Waals surface area contributed by atoms with Gasteiger partial charge in [0, 0.05) is 31.3 Å². The third kappa shape index (κ3) is 8.42. The van der Waals surface area contributed by atoms with Crippen LogP contribution < -0.4 is 21.3 Å². The Kier molecular flexibility index (Phi) is 12.9. The maximum absolute atomic E-state index is 14.4. The second-order valence-electron chi connectivity index (χ2n) is 12.1. The number of thioether (sulfide) groups is 1. The average Bonchev–Trinajstić information content (AvgIpc) is 3.53. The highest BCUT2D eigenvalue weighted by Gasteiger charge is 2.45. The minimum atomic E-state index is -1.12. The van der Waals surface area contributed by atoms with E-state index < -0.39 is 42.1 Å². The molecule has 2 unspecified atom stereocenters. The maximum atomic E-state index is 14.4. The molecule has 4 rings (SSSR count). The number of hydrogen-bond acceptors (Lipinski definition) is 10. The van der Waals surface area contributed by atoms with Gasteiger partial charge in [0.1, 0.15) is 6.04 Å². The van der Waals surface area contributed by atoms with Gasteiger partial charge in [0.2, 0.25) is 5.91 Å². The van der Waals surface area contributed by atoms with Crippen LogP contribution >= 0.6 is 11.8 Å². The normalized spacial score (nSPS) is 20.7. The summed E-state index contributed by atoms with van der Waals surface area (Å²) >= 11 is 1.45. The second-order valence-corrected chi connectivity index (χ2v) is 13.0. The van der Waals surface area contributed by atoms with Crippen molar-refractivity contribution in [2.75, 3.05) is 25.7 Å². The Morgan fingerprint density at radius 3 is 2.46 bits per heavy atom. The Balaban J connectivity index is 1.71. The number of Topliss-reactive ketones (excluding diaryl/α,β-unsaturated/α-hetero) is 2. The van der Waals surface area contributed by atoms with Crippen molar-refractivity contribution in [3.8, 4) is 6.07 Å². The molecule has 2 aromatic carbocycles. The third-order valence-electron chi connectivity index (χ3n) is 9.21. The van der Waals surface area contributed by atoms with Gasteiger partial charge in [-0.15, -0.1) is 0 Å². The quantitative estimate of drug-likeness (QED) is 0.201. The van der Waals surface area contributed by atoms with E-state index in [-0.39, 0.29) is 29.8 Å². The molecule has 0 radical (unpaired) electrons. The van der Waals surface area contributed by atoms with Crippen LogP contribution in [0.1, 0.15) is 61.4 Å². The first-order valence-electron chi connectivity index (χ1n) is 16.0. The molecule has 1 amide bonds. The van der Waals surface area contributed by atoms with Crippen molar-refractivity contribution < 1.29 is 23.9 Å². The molecular formula is C35H45N5O5S. The molecule has 0 saturated carbocycles. The standard InChI is InChI=1S/C35H45N5O5S/c1-5-21(2)29(38-19-23-12-10-22(18-36)11-13-23)32(34(43)27-14-15-28(41)39-27)40-31(35(44)45-3)26(20-46-4)33(42)30-25-9-7-6-8-24(25)16-17-37-30/h6-13,21,26-27,29-32,37-38,40H,5,14-17,19-20H2,1-4H3,(H,39,41)/t21-,26-,27-,29-,30?,31-,32?/m0/s1. The number of carbonyl (C=O) groups excluding carboxylic acids is 4. The van der Waals surface area contributed by atoms with E-state index in [2.05, 4.69) is 27.3 Å². The number of benzene rings is 2. The first-order valence-corrected chi connectivity index (χ1v) is 17.3. The maximum Gasteiger partial charge on any atom is 0.323 e. The molecule has 2 aliphatic rings. The second kappa shape index (κ2) is 16.8. The van der Waals surface area contributed by atoms with Gasteiger partial charge in [0.25, 0.3) is 0 Å². The largest absolute Gasteiger partial charge is 0.468 e. The van der Waals surface area contributed by atoms with Gasteiger partial charge < -0.3 is 20.7 Å². The van der Waals surface area contributed by atoms with E-state index >= 15 is 0 Å². The van der Waals surface area contributed by atoms with Crippen LogP contribution in [0.5, 0.6) is 0 Å². The van der Waals surface area contributed by atoms with Crippen molar-refractivity contribution in [3.05, 3.63) is 70.8 Å². The van der Waals surface area contributed by atoms with E-state index in [0.29, 0.717) is 30.8 Å². The van der Waals surface area contributed by atoms with Crippen LogP contribution in [-0.2, 0) is 36.9 Å². The number of nitrogens with zero attached hydrogens (tertiary/aromatic N) is 1. The van der Waals surface area contributed by atoms with Crippen molar-refractivity contribution in [1.82, 2.24) is 21.3 Å². The molecule has 10 nitrogen and oxygen atoms in total.